The van der Waals surface area contributed by atoms with E-state index in [9.17, 15) is 4.79 Å². The lowest BCUT2D eigenvalue weighted by Gasteiger charge is -2.21. The van der Waals surface area contributed by atoms with Crippen LogP contribution in [-0.4, -0.2) is 43.3 Å². The zero-order chi connectivity index (χ0) is 16.5. The number of nitrogens with two attached hydrogens (primary N) is 1. The number of thioether (sulfide) groups is 1. The summed E-state index contributed by atoms with van der Waals surface area (Å²) in [5.74, 6) is 2.26. The maximum absolute atomic E-state index is 12.1. The summed E-state index contributed by atoms with van der Waals surface area (Å²) in [4.78, 5) is 15.0. The van der Waals surface area contributed by atoms with Crippen LogP contribution in [0.1, 0.15) is 26.7 Å². The van der Waals surface area contributed by atoms with E-state index in [0.717, 1.165) is 29.4 Å². The van der Waals surface area contributed by atoms with Gasteiger partial charge in [-0.15, -0.1) is 24.2 Å². The van der Waals surface area contributed by atoms with Gasteiger partial charge in [-0.2, -0.15) is 0 Å². The lowest BCUT2D eigenvalue weighted by Crippen LogP contribution is -2.34. The molecule has 0 saturated carbocycles. The highest BCUT2D eigenvalue weighted by atomic mass is 35.5. The highest BCUT2D eigenvalue weighted by molar-refractivity contribution is 7.99. The van der Waals surface area contributed by atoms with Gasteiger partial charge in [-0.05, 0) is 36.6 Å². The van der Waals surface area contributed by atoms with E-state index in [1.54, 1.807) is 23.8 Å². The number of rotatable bonds is 9. The molecule has 1 unspecified atom stereocenters. The van der Waals surface area contributed by atoms with Crippen LogP contribution in [0.25, 0.3) is 0 Å². The number of carbonyl (C=O) groups excluding carboxylic acids is 1. The number of halogens is 1. The van der Waals surface area contributed by atoms with E-state index in [1.807, 2.05) is 31.3 Å². The van der Waals surface area contributed by atoms with Crippen LogP contribution in [0.5, 0.6) is 5.75 Å². The van der Waals surface area contributed by atoms with Crippen molar-refractivity contribution in [3.8, 4) is 5.75 Å². The third-order valence-electron chi connectivity index (χ3n) is 3.72. The molecule has 132 valence electrons. The van der Waals surface area contributed by atoms with Gasteiger partial charge in [-0.25, -0.2) is 0 Å². The molecule has 0 heterocycles. The number of nitrogens with zero attached hydrogens (tertiary/aromatic N) is 1. The first-order chi connectivity index (χ1) is 10.4. The maximum Gasteiger partial charge on any atom is 0.223 e. The molecule has 0 aromatic heterocycles. The summed E-state index contributed by atoms with van der Waals surface area (Å²) in [7, 11) is 3.51. The fraction of sp³-hybridized carbons (Fsp3) is 0.588. The van der Waals surface area contributed by atoms with Gasteiger partial charge in [0, 0.05) is 36.7 Å². The topological polar surface area (TPSA) is 55.6 Å². The Kier molecular flexibility index (Phi) is 11.1. The Morgan fingerprint density at radius 3 is 2.43 bits per heavy atom. The van der Waals surface area contributed by atoms with Gasteiger partial charge >= 0.3 is 0 Å². The van der Waals surface area contributed by atoms with E-state index in [-0.39, 0.29) is 24.4 Å². The smallest absolute Gasteiger partial charge is 0.223 e. The lowest BCUT2D eigenvalue weighted by atomic mass is 10.0. The van der Waals surface area contributed by atoms with E-state index in [1.165, 1.54) is 0 Å². The molecule has 1 amide bonds. The van der Waals surface area contributed by atoms with Crippen LogP contribution in [0, 0.1) is 5.92 Å². The zero-order valence-electron chi connectivity index (χ0n) is 14.5. The van der Waals surface area contributed by atoms with Crippen molar-refractivity contribution in [3.63, 3.8) is 0 Å². The SMILES string of the molecule is COc1ccc(SCCC(=O)N(C)CCC(N)C(C)C)cc1.Cl. The first kappa shape index (κ1) is 22.1. The normalized spacial score (nSPS) is 11.7. The van der Waals surface area contributed by atoms with E-state index in [0.29, 0.717) is 12.3 Å². The van der Waals surface area contributed by atoms with Crippen molar-refractivity contribution in [1.29, 1.82) is 0 Å². The summed E-state index contributed by atoms with van der Waals surface area (Å²) in [5, 5.41) is 0. The second-order valence-corrected chi connectivity index (χ2v) is 6.95. The Morgan fingerprint density at radius 1 is 1.30 bits per heavy atom. The van der Waals surface area contributed by atoms with Crippen LogP contribution in [0.2, 0.25) is 0 Å². The summed E-state index contributed by atoms with van der Waals surface area (Å²) in [5.41, 5.74) is 6.01. The van der Waals surface area contributed by atoms with Crippen LogP contribution < -0.4 is 10.5 Å². The molecule has 1 aromatic carbocycles. The van der Waals surface area contributed by atoms with Crippen molar-refractivity contribution in [2.75, 3.05) is 26.5 Å². The average Bonchev–Trinajstić information content (AvgIpc) is 2.52. The molecule has 0 spiro atoms. The minimum Gasteiger partial charge on any atom is -0.497 e. The van der Waals surface area contributed by atoms with Crippen LogP contribution in [0.3, 0.4) is 0 Å². The first-order valence-corrected chi connectivity index (χ1v) is 8.69. The quantitative estimate of drug-likeness (QED) is 0.685. The van der Waals surface area contributed by atoms with Crippen LogP contribution in [-0.2, 0) is 4.79 Å². The summed E-state index contributed by atoms with van der Waals surface area (Å²) in [6.45, 7) is 4.95. The van der Waals surface area contributed by atoms with Gasteiger partial charge in [0.2, 0.25) is 5.91 Å². The molecular weight excluding hydrogens is 332 g/mol. The van der Waals surface area contributed by atoms with Crippen LogP contribution in [0.15, 0.2) is 29.2 Å². The molecular formula is C17H29ClN2O2S. The molecule has 0 saturated heterocycles. The molecule has 0 radical (unpaired) electrons. The average molecular weight is 361 g/mol. The monoisotopic (exact) mass is 360 g/mol. The molecule has 1 atom stereocenters. The Bertz CT molecular complexity index is 454. The molecule has 1 aromatic rings. The predicted molar refractivity (Wildman–Crippen MR) is 101 cm³/mol. The van der Waals surface area contributed by atoms with Gasteiger partial charge in [-0.1, -0.05) is 13.8 Å². The Labute approximate surface area is 150 Å². The Balaban J connectivity index is 0.00000484. The van der Waals surface area contributed by atoms with E-state index in [2.05, 4.69) is 13.8 Å². The van der Waals surface area contributed by atoms with Gasteiger partial charge in [0.1, 0.15) is 5.75 Å². The number of amides is 1. The van der Waals surface area contributed by atoms with Gasteiger partial charge in [-0.3, -0.25) is 4.79 Å². The Hall–Kier alpha value is -0.910. The summed E-state index contributed by atoms with van der Waals surface area (Å²) in [6.07, 6.45) is 1.40. The molecule has 4 nitrogen and oxygen atoms in total. The van der Waals surface area contributed by atoms with Gasteiger partial charge in [0.05, 0.1) is 7.11 Å². The van der Waals surface area contributed by atoms with Gasteiger partial charge in [0.15, 0.2) is 0 Å². The highest BCUT2D eigenvalue weighted by Crippen LogP contribution is 2.22. The second-order valence-electron chi connectivity index (χ2n) is 5.79. The van der Waals surface area contributed by atoms with Gasteiger partial charge < -0.3 is 15.4 Å². The third-order valence-corrected chi connectivity index (χ3v) is 4.74. The number of ether oxygens (including phenoxy) is 1. The first-order valence-electron chi connectivity index (χ1n) is 7.70. The molecule has 0 aliphatic rings. The minimum atomic E-state index is 0. The lowest BCUT2D eigenvalue weighted by molar-refractivity contribution is -0.129. The van der Waals surface area contributed by atoms with Gasteiger partial charge in [0.25, 0.3) is 0 Å². The van der Waals surface area contributed by atoms with Crippen molar-refractivity contribution in [1.82, 2.24) is 4.90 Å². The summed E-state index contributed by atoms with van der Waals surface area (Å²) in [6, 6.07) is 8.05. The molecule has 0 bridgehead atoms. The van der Waals surface area contributed by atoms with Crippen molar-refractivity contribution < 1.29 is 9.53 Å². The van der Waals surface area contributed by atoms with Crippen LogP contribution in [0.4, 0.5) is 0 Å². The zero-order valence-corrected chi connectivity index (χ0v) is 16.1. The van der Waals surface area contributed by atoms with Crippen molar-refractivity contribution >= 4 is 30.1 Å². The fourth-order valence-electron chi connectivity index (χ4n) is 1.92. The molecule has 1 rings (SSSR count). The molecule has 0 aliphatic carbocycles. The van der Waals surface area contributed by atoms with E-state index in [4.69, 9.17) is 10.5 Å². The van der Waals surface area contributed by atoms with Crippen LogP contribution >= 0.6 is 24.2 Å². The molecule has 2 N–H and O–H groups in total. The predicted octanol–water partition coefficient (Wildman–Crippen LogP) is 3.43. The second kappa shape index (κ2) is 11.6. The fourth-order valence-corrected chi connectivity index (χ4v) is 2.76. The van der Waals surface area contributed by atoms with Crippen molar-refractivity contribution in [2.45, 2.75) is 37.6 Å². The molecule has 23 heavy (non-hydrogen) atoms. The largest absolute Gasteiger partial charge is 0.497 e. The maximum atomic E-state index is 12.1. The number of hydrogen-bond acceptors (Lipinski definition) is 4. The van der Waals surface area contributed by atoms with Crippen molar-refractivity contribution in [2.24, 2.45) is 11.7 Å². The third kappa shape index (κ3) is 8.49. The molecule has 0 aliphatic heterocycles. The summed E-state index contributed by atoms with van der Waals surface area (Å²) < 4.78 is 5.13. The van der Waals surface area contributed by atoms with Crippen molar-refractivity contribution in [3.05, 3.63) is 24.3 Å². The standard InChI is InChI=1S/C17H28N2O2S.ClH/c1-13(2)16(18)9-11-19(3)17(20)10-12-22-15-7-5-14(21-4)6-8-15;/h5-8,13,16H,9-12,18H2,1-4H3;1H. The van der Waals surface area contributed by atoms with E-state index >= 15 is 0 Å². The number of methoxy groups -OCH3 is 1. The Morgan fingerprint density at radius 2 is 1.91 bits per heavy atom. The highest BCUT2D eigenvalue weighted by Gasteiger charge is 2.12. The molecule has 0 fully saturated rings. The van der Waals surface area contributed by atoms with E-state index < -0.39 is 0 Å². The number of carbonyl (C=O) groups is 1. The molecule has 6 heteroatoms. The minimum absolute atomic E-state index is 0. The number of benzene rings is 1. The summed E-state index contributed by atoms with van der Waals surface area (Å²) >= 11 is 1.69. The number of hydrogen-bond donors (Lipinski definition) is 1.